The maximum Gasteiger partial charge on any atom is 0.260 e. The zero-order valence-electron chi connectivity index (χ0n) is 12.7. The summed E-state index contributed by atoms with van der Waals surface area (Å²) in [6, 6.07) is 9.04. The molecule has 0 bridgehead atoms. The van der Waals surface area contributed by atoms with Gasteiger partial charge in [0.05, 0.1) is 5.41 Å². The number of hydrogen-bond donors (Lipinski definition) is 0. The monoisotopic (exact) mass is 285 g/mol. The van der Waals surface area contributed by atoms with Gasteiger partial charge >= 0.3 is 0 Å². The van der Waals surface area contributed by atoms with Gasteiger partial charge in [-0.2, -0.15) is 0 Å². The van der Waals surface area contributed by atoms with E-state index < -0.39 is 5.41 Å². The number of benzene rings is 1. The van der Waals surface area contributed by atoms with E-state index in [1.807, 2.05) is 24.3 Å². The zero-order valence-corrected chi connectivity index (χ0v) is 12.7. The molecule has 21 heavy (non-hydrogen) atoms. The molecule has 2 amide bonds. The molecular formula is C18H23NO2. The Hall–Kier alpha value is -1.90. The quantitative estimate of drug-likeness (QED) is 0.609. The van der Waals surface area contributed by atoms with Crippen molar-refractivity contribution in [2.24, 2.45) is 5.41 Å². The first-order chi connectivity index (χ1) is 10.1. The second-order valence-electron chi connectivity index (χ2n) is 5.75. The molecule has 112 valence electrons. The van der Waals surface area contributed by atoms with Gasteiger partial charge in [-0.15, -0.1) is 6.58 Å². The van der Waals surface area contributed by atoms with E-state index in [1.54, 1.807) is 12.1 Å². The minimum atomic E-state index is -0.431. The van der Waals surface area contributed by atoms with Crippen LogP contribution in [0.25, 0.3) is 0 Å². The molecule has 0 aliphatic carbocycles. The SMILES string of the molecule is C=CC[C@]1(CCC)CCCN(C(=O)c2ccccc2)C1=O. The van der Waals surface area contributed by atoms with Crippen molar-refractivity contribution >= 4 is 11.8 Å². The summed E-state index contributed by atoms with van der Waals surface area (Å²) >= 11 is 0. The minimum absolute atomic E-state index is 0.0237. The highest BCUT2D eigenvalue weighted by Crippen LogP contribution is 2.39. The largest absolute Gasteiger partial charge is 0.278 e. The van der Waals surface area contributed by atoms with Crippen LogP contribution in [0, 0.1) is 5.41 Å². The molecule has 1 saturated heterocycles. The number of carbonyl (C=O) groups excluding carboxylic acids is 2. The van der Waals surface area contributed by atoms with Crippen molar-refractivity contribution in [3.63, 3.8) is 0 Å². The van der Waals surface area contributed by atoms with Crippen LogP contribution in [0.2, 0.25) is 0 Å². The van der Waals surface area contributed by atoms with Crippen LogP contribution in [0.15, 0.2) is 43.0 Å². The highest BCUT2D eigenvalue weighted by molar-refractivity contribution is 6.06. The van der Waals surface area contributed by atoms with Crippen LogP contribution in [0.1, 0.15) is 49.4 Å². The first-order valence-corrected chi connectivity index (χ1v) is 7.67. The summed E-state index contributed by atoms with van der Waals surface area (Å²) < 4.78 is 0. The van der Waals surface area contributed by atoms with Crippen LogP contribution < -0.4 is 0 Å². The highest BCUT2D eigenvalue weighted by atomic mass is 16.2. The average molecular weight is 285 g/mol. The molecule has 3 nitrogen and oxygen atoms in total. The van der Waals surface area contributed by atoms with E-state index in [4.69, 9.17) is 0 Å². The molecule has 1 heterocycles. The predicted molar refractivity (Wildman–Crippen MR) is 83.9 cm³/mol. The Kier molecular flexibility index (Phi) is 4.94. The van der Waals surface area contributed by atoms with Crippen molar-refractivity contribution in [3.8, 4) is 0 Å². The summed E-state index contributed by atoms with van der Waals surface area (Å²) in [7, 11) is 0. The van der Waals surface area contributed by atoms with Gasteiger partial charge in [-0.25, -0.2) is 0 Å². The van der Waals surface area contributed by atoms with Gasteiger partial charge in [0.2, 0.25) is 5.91 Å². The first kappa shape index (κ1) is 15.5. The van der Waals surface area contributed by atoms with Gasteiger partial charge in [0, 0.05) is 12.1 Å². The number of allylic oxidation sites excluding steroid dienone is 1. The third-order valence-electron chi connectivity index (χ3n) is 4.27. The molecule has 1 aromatic carbocycles. The fourth-order valence-corrected chi connectivity index (χ4v) is 3.28. The zero-order chi connectivity index (χ0) is 15.3. The summed E-state index contributed by atoms with van der Waals surface area (Å²) in [5.41, 5.74) is 0.149. The van der Waals surface area contributed by atoms with Crippen molar-refractivity contribution in [1.82, 2.24) is 4.90 Å². The number of carbonyl (C=O) groups is 2. The Morgan fingerprint density at radius 3 is 2.71 bits per heavy atom. The van der Waals surface area contributed by atoms with Gasteiger partial charge in [-0.1, -0.05) is 37.6 Å². The van der Waals surface area contributed by atoms with E-state index in [9.17, 15) is 9.59 Å². The van der Waals surface area contributed by atoms with Crippen LogP contribution in [0.5, 0.6) is 0 Å². The fourth-order valence-electron chi connectivity index (χ4n) is 3.28. The van der Waals surface area contributed by atoms with Crippen molar-refractivity contribution in [2.75, 3.05) is 6.54 Å². The lowest BCUT2D eigenvalue weighted by molar-refractivity contribution is -0.143. The maximum absolute atomic E-state index is 12.9. The Balaban J connectivity index is 2.26. The second kappa shape index (κ2) is 6.70. The van der Waals surface area contributed by atoms with E-state index in [-0.39, 0.29) is 11.8 Å². The normalized spacial score (nSPS) is 22.1. The summed E-state index contributed by atoms with van der Waals surface area (Å²) in [5, 5.41) is 0. The Morgan fingerprint density at radius 1 is 1.38 bits per heavy atom. The van der Waals surface area contributed by atoms with Crippen molar-refractivity contribution < 1.29 is 9.59 Å². The van der Waals surface area contributed by atoms with Gasteiger partial charge < -0.3 is 0 Å². The summed E-state index contributed by atoms with van der Waals surface area (Å²) in [6.45, 7) is 6.39. The minimum Gasteiger partial charge on any atom is -0.278 e. The topological polar surface area (TPSA) is 37.4 Å². The van der Waals surface area contributed by atoms with E-state index >= 15 is 0 Å². The van der Waals surface area contributed by atoms with E-state index in [0.717, 1.165) is 25.7 Å². The van der Waals surface area contributed by atoms with Crippen LogP contribution in [0.4, 0.5) is 0 Å². The highest BCUT2D eigenvalue weighted by Gasteiger charge is 2.44. The molecule has 0 radical (unpaired) electrons. The standard InChI is InChI=1S/C18H23NO2/c1-3-11-18(12-4-2)13-8-14-19(17(18)21)16(20)15-9-6-5-7-10-15/h3,5-7,9-10H,1,4,8,11-14H2,2H3/t18-/m0/s1. The molecule has 0 N–H and O–H groups in total. The molecule has 0 saturated carbocycles. The van der Waals surface area contributed by atoms with Crippen LogP contribution in [-0.2, 0) is 4.79 Å². The molecule has 0 spiro atoms. The molecule has 0 unspecified atom stereocenters. The maximum atomic E-state index is 12.9. The molecule has 1 aliphatic heterocycles. The second-order valence-corrected chi connectivity index (χ2v) is 5.75. The first-order valence-electron chi connectivity index (χ1n) is 7.67. The van der Waals surface area contributed by atoms with Crippen molar-refractivity contribution in [3.05, 3.63) is 48.6 Å². The molecule has 2 rings (SSSR count). The number of hydrogen-bond acceptors (Lipinski definition) is 2. The molecular weight excluding hydrogens is 262 g/mol. The third kappa shape index (κ3) is 3.07. The number of likely N-dealkylation sites (tertiary alicyclic amines) is 1. The predicted octanol–water partition coefficient (Wildman–Crippen LogP) is 3.81. The number of nitrogens with zero attached hydrogens (tertiary/aromatic N) is 1. The van der Waals surface area contributed by atoms with Crippen LogP contribution >= 0.6 is 0 Å². The van der Waals surface area contributed by atoms with Gasteiger partial charge in [-0.05, 0) is 37.8 Å². The molecule has 1 atom stereocenters. The molecule has 0 aromatic heterocycles. The number of amides is 2. The van der Waals surface area contributed by atoms with E-state index in [0.29, 0.717) is 18.5 Å². The van der Waals surface area contributed by atoms with Gasteiger partial charge in [0.25, 0.3) is 5.91 Å². The third-order valence-corrected chi connectivity index (χ3v) is 4.27. The molecule has 1 fully saturated rings. The van der Waals surface area contributed by atoms with Gasteiger partial charge in [-0.3, -0.25) is 14.5 Å². The molecule has 1 aromatic rings. The lowest BCUT2D eigenvalue weighted by Crippen LogP contribution is -2.51. The van der Waals surface area contributed by atoms with Crippen molar-refractivity contribution in [2.45, 2.75) is 39.0 Å². The Labute approximate surface area is 126 Å². The van der Waals surface area contributed by atoms with Crippen LogP contribution in [0.3, 0.4) is 0 Å². The summed E-state index contributed by atoms with van der Waals surface area (Å²) in [6.07, 6.45) is 5.94. The van der Waals surface area contributed by atoms with Gasteiger partial charge in [0.15, 0.2) is 0 Å². The summed E-state index contributed by atoms with van der Waals surface area (Å²) in [4.78, 5) is 26.9. The summed E-state index contributed by atoms with van der Waals surface area (Å²) in [5.74, 6) is -0.200. The van der Waals surface area contributed by atoms with Crippen molar-refractivity contribution in [1.29, 1.82) is 0 Å². The van der Waals surface area contributed by atoms with Crippen LogP contribution in [-0.4, -0.2) is 23.3 Å². The Bertz CT molecular complexity index is 519. The smallest absolute Gasteiger partial charge is 0.260 e. The Morgan fingerprint density at radius 2 is 2.10 bits per heavy atom. The number of rotatable bonds is 5. The lowest BCUT2D eigenvalue weighted by Gasteiger charge is -2.40. The van der Waals surface area contributed by atoms with E-state index in [1.165, 1.54) is 4.90 Å². The molecule has 3 heteroatoms. The number of imide groups is 1. The molecule has 1 aliphatic rings. The fraction of sp³-hybridized carbons (Fsp3) is 0.444. The number of piperidine rings is 1. The average Bonchev–Trinajstić information content (AvgIpc) is 2.51. The van der Waals surface area contributed by atoms with Gasteiger partial charge in [0.1, 0.15) is 0 Å². The lowest BCUT2D eigenvalue weighted by atomic mass is 9.73. The van der Waals surface area contributed by atoms with E-state index in [2.05, 4.69) is 13.5 Å².